The van der Waals surface area contributed by atoms with Gasteiger partial charge in [0, 0.05) is 12.1 Å². The number of phenolic OH excluding ortho intramolecular Hbond substituents is 1. The number of hydrogen-bond acceptors (Lipinski definition) is 3. The van der Waals surface area contributed by atoms with Gasteiger partial charge in [0.2, 0.25) is 0 Å². The molecule has 1 amide bonds. The molecule has 0 saturated heterocycles. The predicted molar refractivity (Wildman–Crippen MR) is 86.3 cm³/mol. The summed E-state index contributed by atoms with van der Waals surface area (Å²) in [7, 11) is 0. The van der Waals surface area contributed by atoms with Gasteiger partial charge in [0.15, 0.2) is 11.6 Å². The maximum atomic E-state index is 13.5. The summed E-state index contributed by atoms with van der Waals surface area (Å²) in [4.78, 5) is 11.5. The lowest BCUT2D eigenvalue weighted by atomic mass is 10.1. The van der Waals surface area contributed by atoms with Gasteiger partial charge in [0.1, 0.15) is 6.61 Å². The molecule has 0 saturated carbocycles. The van der Waals surface area contributed by atoms with Crippen molar-refractivity contribution in [2.24, 2.45) is 0 Å². The van der Waals surface area contributed by atoms with E-state index in [-0.39, 0.29) is 12.4 Å². The van der Waals surface area contributed by atoms with E-state index in [1.165, 1.54) is 6.07 Å². The summed E-state index contributed by atoms with van der Waals surface area (Å²) in [5, 5.41) is 11.9. The third-order valence-electron chi connectivity index (χ3n) is 3.10. The highest BCUT2D eigenvalue weighted by molar-refractivity contribution is 5.67. The van der Waals surface area contributed by atoms with Gasteiger partial charge in [0.25, 0.3) is 0 Å². The van der Waals surface area contributed by atoms with E-state index in [0.717, 1.165) is 5.56 Å². The zero-order valence-electron chi connectivity index (χ0n) is 12.5. The number of benzene rings is 2. The number of aromatic hydroxyl groups is 1. The summed E-state index contributed by atoms with van der Waals surface area (Å²) in [6.45, 7) is 0.599. The van der Waals surface area contributed by atoms with Crippen molar-refractivity contribution >= 4 is 12.2 Å². The van der Waals surface area contributed by atoms with Crippen LogP contribution in [0.4, 0.5) is 9.18 Å². The van der Waals surface area contributed by atoms with Gasteiger partial charge in [-0.3, -0.25) is 0 Å². The Balaban J connectivity index is 1.67. The largest absolute Gasteiger partial charge is 0.505 e. The monoisotopic (exact) mass is 315 g/mol. The molecule has 0 aliphatic rings. The van der Waals surface area contributed by atoms with Crippen LogP contribution in [0.1, 0.15) is 17.5 Å². The van der Waals surface area contributed by atoms with Crippen molar-refractivity contribution in [2.75, 3.05) is 6.54 Å². The Morgan fingerprint density at radius 1 is 1.17 bits per heavy atom. The van der Waals surface area contributed by atoms with Crippen LogP contribution < -0.4 is 5.32 Å². The average Bonchev–Trinajstić information content (AvgIpc) is 2.57. The van der Waals surface area contributed by atoms with E-state index >= 15 is 0 Å². The number of nitrogens with one attached hydrogen (secondary N) is 1. The SMILES string of the molecule is O=C(NCCC=Cc1cccc(O)c1F)OCc1ccccc1. The quantitative estimate of drug-likeness (QED) is 0.796. The van der Waals surface area contributed by atoms with E-state index in [2.05, 4.69) is 5.32 Å². The van der Waals surface area contributed by atoms with Crippen molar-refractivity contribution in [3.8, 4) is 5.75 Å². The number of halogens is 1. The van der Waals surface area contributed by atoms with E-state index in [1.807, 2.05) is 30.3 Å². The minimum Gasteiger partial charge on any atom is -0.505 e. The van der Waals surface area contributed by atoms with Crippen molar-refractivity contribution in [1.29, 1.82) is 0 Å². The lowest BCUT2D eigenvalue weighted by molar-refractivity contribution is 0.140. The first-order valence-corrected chi connectivity index (χ1v) is 7.25. The van der Waals surface area contributed by atoms with Crippen LogP contribution in [0.5, 0.6) is 5.75 Å². The first-order chi connectivity index (χ1) is 11.2. The maximum Gasteiger partial charge on any atom is 0.407 e. The fraction of sp³-hybridized carbons (Fsp3) is 0.167. The number of alkyl carbamates (subject to hydrolysis) is 1. The maximum absolute atomic E-state index is 13.5. The Kier molecular flexibility index (Phi) is 6.17. The highest BCUT2D eigenvalue weighted by Crippen LogP contribution is 2.19. The van der Waals surface area contributed by atoms with Crippen molar-refractivity contribution in [3.05, 3.63) is 71.6 Å². The van der Waals surface area contributed by atoms with E-state index in [4.69, 9.17) is 4.74 Å². The molecule has 23 heavy (non-hydrogen) atoms. The Bertz CT molecular complexity index is 671. The number of carbonyl (C=O) groups is 1. The summed E-state index contributed by atoms with van der Waals surface area (Å²) in [6.07, 6.45) is 3.31. The van der Waals surface area contributed by atoms with Crippen LogP contribution in [0.25, 0.3) is 6.08 Å². The van der Waals surface area contributed by atoms with Crippen molar-refractivity contribution in [2.45, 2.75) is 13.0 Å². The molecule has 2 aromatic carbocycles. The Morgan fingerprint density at radius 3 is 2.74 bits per heavy atom. The number of ether oxygens (including phenoxy) is 1. The molecule has 0 radical (unpaired) electrons. The van der Waals surface area contributed by atoms with Crippen LogP contribution in [-0.4, -0.2) is 17.7 Å². The minimum atomic E-state index is -0.654. The van der Waals surface area contributed by atoms with Crippen LogP contribution in [0.15, 0.2) is 54.6 Å². The van der Waals surface area contributed by atoms with E-state index in [9.17, 15) is 14.3 Å². The van der Waals surface area contributed by atoms with E-state index in [0.29, 0.717) is 18.5 Å². The topological polar surface area (TPSA) is 58.6 Å². The summed E-state index contributed by atoms with van der Waals surface area (Å²) in [6, 6.07) is 13.8. The summed E-state index contributed by atoms with van der Waals surface area (Å²) in [5.41, 5.74) is 1.22. The molecule has 0 fully saturated rings. The molecular weight excluding hydrogens is 297 g/mol. The zero-order valence-corrected chi connectivity index (χ0v) is 12.5. The third-order valence-corrected chi connectivity index (χ3v) is 3.10. The molecule has 0 unspecified atom stereocenters. The smallest absolute Gasteiger partial charge is 0.407 e. The average molecular weight is 315 g/mol. The first kappa shape index (κ1) is 16.5. The normalized spacial score (nSPS) is 10.7. The van der Waals surface area contributed by atoms with Gasteiger partial charge in [-0.25, -0.2) is 9.18 Å². The first-order valence-electron chi connectivity index (χ1n) is 7.25. The standard InChI is InChI=1S/C18H18FNO3/c19-17-15(10-6-11-16(17)21)9-4-5-12-20-18(22)23-13-14-7-2-1-3-8-14/h1-4,6-11,21H,5,12-13H2,(H,20,22). The molecule has 0 aliphatic heterocycles. The second kappa shape index (κ2) is 8.58. The predicted octanol–water partition coefficient (Wildman–Crippen LogP) is 3.86. The molecule has 0 aromatic heterocycles. The molecule has 5 heteroatoms. The Hall–Kier alpha value is -2.82. The third kappa shape index (κ3) is 5.47. The lowest BCUT2D eigenvalue weighted by Crippen LogP contribution is -2.24. The second-order valence-corrected chi connectivity index (χ2v) is 4.86. The number of hydrogen-bond donors (Lipinski definition) is 2. The van der Waals surface area contributed by atoms with Crippen LogP contribution in [0, 0.1) is 5.82 Å². The Labute approximate surface area is 134 Å². The minimum absolute atomic E-state index is 0.219. The van der Waals surface area contributed by atoms with Crippen LogP contribution in [0.2, 0.25) is 0 Å². The van der Waals surface area contributed by atoms with Gasteiger partial charge in [0.05, 0.1) is 0 Å². The van der Waals surface area contributed by atoms with Crippen molar-refractivity contribution in [1.82, 2.24) is 5.32 Å². The highest BCUT2D eigenvalue weighted by Gasteiger charge is 2.03. The highest BCUT2D eigenvalue weighted by atomic mass is 19.1. The van der Waals surface area contributed by atoms with Crippen molar-refractivity contribution in [3.63, 3.8) is 0 Å². The van der Waals surface area contributed by atoms with Crippen LogP contribution in [-0.2, 0) is 11.3 Å². The number of rotatable bonds is 6. The second-order valence-electron chi connectivity index (χ2n) is 4.86. The number of phenols is 1. The molecule has 0 aliphatic carbocycles. The molecule has 2 aromatic rings. The molecule has 2 rings (SSSR count). The summed E-state index contributed by atoms with van der Waals surface area (Å²) < 4.78 is 18.6. The number of amides is 1. The van der Waals surface area contributed by atoms with Gasteiger partial charge < -0.3 is 15.2 Å². The summed E-state index contributed by atoms with van der Waals surface area (Å²) in [5.74, 6) is -1.03. The molecule has 0 atom stereocenters. The fourth-order valence-electron chi connectivity index (χ4n) is 1.91. The van der Waals surface area contributed by atoms with Crippen molar-refractivity contribution < 1.29 is 19.0 Å². The molecule has 2 N–H and O–H groups in total. The molecular formula is C18H18FNO3. The summed E-state index contributed by atoms with van der Waals surface area (Å²) >= 11 is 0. The van der Waals surface area contributed by atoms with Crippen LogP contribution >= 0.6 is 0 Å². The van der Waals surface area contributed by atoms with Gasteiger partial charge in [-0.2, -0.15) is 0 Å². The van der Waals surface area contributed by atoms with E-state index in [1.54, 1.807) is 24.3 Å². The zero-order chi connectivity index (χ0) is 16.5. The molecule has 0 bridgehead atoms. The van der Waals surface area contributed by atoms with Gasteiger partial charge in [-0.15, -0.1) is 0 Å². The van der Waals surface area contributed by atoms with Gasteiger partial charge in [-0.05, 0) is 18.1 Å². The fourth-order valence-corrected chi connectivity index (χ4v) is 1.91. The molecule has 0 spiro atoms. The Morgan fingerprint density at radius 2 is 1.96 bits per heavy atom. The number of carbonyl (C=O) groups excluding carboxylic acids is 1. The molecule has 0 heterocycles. The molecule has 120 valence electrons. The van der Waals surface area contributed by atoms with Gasteiger partial charge in [-0.1, -0.05) is 54.6 Å². The van der Waals surface area contributed by atoms with E-state index < -0.39 is 11.9 Å². The van der Waals surface area contributed by atoms with Crippen LogP contribution in [0.3, 0.4) is 0 Å². The molecule has 4 nitrogen and oxygen atoms in total. The van der Waals surface area contributed by atoms with Gasteiger partial charge >= 0.3 is 6.09 Å². The lowest BCUT2D eigenvalue weighted by Gasteiger charge is -2.06.